The summed E-state index contributed by atoms with van der Waals surface area (Å²) in [6.07, 6.45) is 0.178. The summed E-state index contributed by atoms with van der Waals surface area (Å²) in [5.41, 5.74) is 2.39. The lowest BCUT2D eigenvalue weighted by atomic mass is 10.2. The largest absolute Gasteiger partial charge is 0.490 e. The molecule has 1 aromatic rings. The van der Waals surface area contributed by atoms with Crippen LogP contribution in [0.5, 0.6) is 11.5 Å². The summed E-state index contributed by atoms with van der Waals surface area (Å²) in [5, 5.41) is 3.86. The number of nitrogens with one attached hydrogen (secondary N) is 1. The molecule has 0 saturated heterocycles. The first-order valence-corrected chi connectivity index (χ1v) is 8.70. The fraction of sp³-hybridized carbons (Fsp3) is 0.526. The van der Waals surface area contributed by atoms with Crippen LogP contribution in [0.25, 0.3) is 0 Å². The molecule has 1 aromatic carbocycles. The van der Waals surface area contributed by atoms with Gasteiger partial charge in [-0.1, -0.05) is 0 Å². The van der Waals surface area contributed by atoms with E-state index in [0.717, 1.165) is 0 Å². The summed E-state index contributed by atoms with van der Waals surface area (Å²) in [7, 11) is 3.34. The molecular formula is C19H29N3O5. The Bertz CT molecular complexity index is 680. The van der Waals surface area contributed by atoms with Crippen molar-refractivity contribution in [3.63, 3.8) is 0 Å². The van der Waals surface area contributed by atoms with E-state index in [1.165, 1.54) is 11.1 Å². The van der Waals surface area contributed by atoms with Crippen molar-refractivity contribution in [1.82, 2.24) is 10.3 Å². The second-order valence-electron chi connectivity index (χ2n) is 7.00. The number of hydrazone groups is 1. The van der Waals surface area contributed by atoms with Crippen molar-refractivity contribution >= 4 is 18.2 Å². The van der Waals surface area contributed by atoms with E-state index >= 15 is 0 Å². The molecule has 1 N–H and O–H groups in total. The quantitative estimate of drug-likeness (QED) is 0.581. The highest BCUT2D eigenvalue weighted by Gasteiger charge is 2.19. The molecule has 1 atom stereocenters. The molecule has 0 bridgehead atoms. The summed E-state index contributed by atoms with van der Waals surface area (Å²) >= 11 is 0. The number of ether oxygens (including phenoxy) is 3. The fourth-order valence-corrected chi connectivity index (χ4v) is 2.04. The van der Waals surface area contributed by atoms with Crippen molar-refractivity contribution in [2.45, 2.75) is 46.3 Å². The molecular weight excluding hydrogens is 350 g/mol. The summed E-state index contributed by atoms with van der Waals surface area (Å²) in [4.78, 5) is 25.0. The van der Waals surface area contributed by atoms with Crippen LogP contribution in [0.1, 0.15) is 40.2 Å². The molecule has 0 spiro atoms. The summed E-state index contributed by atoms with van der Waals surface area (Å²) in [6.45, 7) is 9.27. The van der Waals surface area contributed by atoms with Crippen LogP contribution in [0.2, 0.25) is 0 Å². The van der Waals surface area contributed by atoms with E-state index < -0.39 is 17.8 Å². The van der Waals surface area contributed by atoms with Gasteiger partial charge in [-0.15, -0.1) is 0 Å². The second-order valence-corrected chi connectivity index (χ2v) is 7.00. The lowest BCUT2D eigenvalue weighted by Gasteiger charge is -2.20. The van der Waals surface area contributed by atoms with Gasteiger partial charge in [-0.05, 0) is 58.4 Å². The Morgan fingerprint density at radius 2 is 1.93 bits per heavy atom. The van der Waals surface area contributed by atoms with Crippen molar-refractivity contribution in [2.75, 3.05) is 20.7 Å². The number of hydrogen-bond donors (Lipinski definition) is 1. The Morgan fingerprint density at radius 3 is 2.48 bits per heavy atom. The first-order chi connectivity index (χ1) is 12.5. The highest BCUT2D eigenvalue weighted by Crippen LogP contribution is 2.29. The van der Waals surface area contributed by atoms with Crippen LogP contribution in [0.4, 0.5) is 4.79 Å². The molecule has 0 saturated carbocycles. The minimum atomic E-state index is -0.646. The van der Waals surface area contributed by atoms with Gasteiger partial charge in [0.2, 0.25) is 0 Å². The van der Waals surface area contributed by atoms with Crippen LogP contribution in [-0.4, -0.2) is 55.5 Å². The summed E-state index contributed by atoms with van der Waals surface area (Å²) < 4.78 is 16.4. The maximum Gasteiger partial charge on any atom is 0.428 e. The monoisotopic (exact) mass is 379 g/mol. The number of nitrogens with zero attached hydrogens (tertiary/aromatic N) is 2. The molecule has 0 aromatic heterocycles. The van der Waals surface area contributed by atoms with Crippen molar-refractivity contribution in [3.8, 4) is 11.5 Å². The molecule has 1 rings (SSSR count). The van der Waals surface area contributed by atoms with E-state index in [-0.39, 0.29) is 5.91 Å². The van der Waals surface area contributed by atoms with E-state index in [1.54, 1.807) is 60.0 Å². The van der Waals surface area contributed by atoms with Crippen molar-refractivity contribution in [3.05, 3.63) is 23.8 Å². The van der Waals surface area contributed by atoms with Crippen molar-refractivity contribution in [1.29, 1.82) is 0 Å². The fourth-order valence-electron chi connectivity index (χ4n) is 2.04. The molecule has 0 radical (unpaired) electrons. The summed E-state index contributed by atoms with van der Waals surface area (Å²) in [6, 6.07) is 5.15. The third-order valence-corrected chi connectivity index (χ3v) is 3.13. The Labute approximate surface area is 160 Å². The van der Waals surface area contributed by atoms with E-state index in [0.29, 0.717) is 23.7 Å². The van der Waals surface area contributed by atoms with Gasteiger partial charge in [0, 0.05) is 14.1 Å². The molecule has 0 aliphatic heterocycles. The highest BCUT2D eigenvalue weighted by molar-refractivity contribution is 5.82. The number of likely N-dealkylation sites (N-methyl/N-ethyl adjacent to an activating group) is 1. The van der Waals surface area contributed by atoms with Gasteiger partial charge in [-0.25, -0.2) is 10.2 Å². The average molecular weight is 379 g/mol. The minimum Gasteiger partial charge on any atom is -0.490 e. The first kappa shape index (κ1) is 22.3. The van der Waals surface area contributed by atoms with Gasteiger partial charge in [-0.2, -0.15) is 5.10 Å². The van der Waals surface area contributed by atoms with Crippen LogP contribution in [0.15, 0.2) is 23.3 Å². The molecule has 0 unspecified atom stereocenters. The number of amides is 2. The SMILES string of the molecule is CCOc1cc(/C=N\NC(=O)OC(C)(C)C)ccc1O[C@H](C)C(=O)N(C)C. The van der Waals surface area contributed by atoms with Crippen LogP contribution >= 0.6 is 0 Å². The molecule has 150 valence electrons. The van der Waals surface area contributed by atoms with Crippen LogP contribution in [-0.2, 0) is 9.53 Å². The number of carbonyl (C=O) groups is 2. The lowest BCUT2D eigenvalue weighted by Crippen LogP contribution is -2.35. The van der Waals surface area contributed by atoms with Gasteiger partial charge in [0.15, 0.2) is 17.6 Å². The van der Waals surface area contributed by atoms with Crippen LogP contribution in [0.3, 0.4) is 0 Å². The van der Waals surface area contributed by atoms with Gasteiger partial charge in [-0.3, -0.25) is 4.79 Å². The zero-order valence-corrected chi connectivity index (χ0v) is 17.0. The molecule has 8 heteroatoms. The van der Waals surface area contributed by atoms with Crippen LogP contribution < -0.4 is 14.9 Å². The minimum absolute atomic E-state index is 0.148. The normalized spacial score (nSPS) is 12.4. The van der Waals surface area contributed by atoms with E-state index in [2.05, 4.69) is 10.5 Å². The Hall–Kier alpha value is -2.77. The van der Waals surface area contributed by atoms with Gasteiger partial charge in [0.25, 0.3) is 5.91 Å². The van der Waals surface area contributed by atoms with E-state index in [4.69, 9.17) is 14.2 Å². The number of rotatable bonds is 7. The predicted octanol–water partition coefficient (Wildman–Crippen LogP) is 2.80. The van der Waals surface area contributed by atoms with Gasteiger partial charge in [0.05, 0.1) is 12.8 Å². The van der Waals surface area contributed by atoms with Crippen LogP contribution in [0, 0.1) is 0 Å². The van der Waals surface area contributed by atoms with E-state index in [9.17, 15) is 9.59 Å². The Balaban J connectivity index is 2.84. The standard InChI is InChI=1S/C19H29N3O5/c1-8-25-16-11-14(12-20-21-18(24)27-19(3,4)5)9-10-15(16)26-13(2)17(23)22(6)7/h9-13H,8H2,1-7H3,(H,21,24)/b20-12-/t13-/m1/s1. The zero-order chi connectivity index (χ0) is 20.6. The lowest BCUT2D eigenvalue weighted by molar-refractivity contribution is -0.135. The third-order valence-electron chi connectivity index (χ3n) is 3.13. The predicted molar refractivity (Wildman–Crippen MR) is 103 cm³/mol. The Morgan fingerprint density at radius 1 is 1.26 bits per heavy atom. The number of carbonyl (C=O) groups excluding carboxylic acids is 2. The van der Waals surface area contributed by atoms with Gasteiger partial charge in [0.1, 0.15) is 5.60 Å². The molecule has 0 fully saturated rings. The molecule has 0 aliphatic carbocycles. The zero-order valence-electron chi connectivity index (χ0n) is 17.0. The smallest absolute Gasteiger partial charge is 0.428 e. The van der Waals surface area contributed by atoms with Gasteiger partial charge < -0.3 is 19.1 Å². The summed E-state index contributed by atoms with van der Waals surface area (Å²) in [5.74, 6) is 0.790. The average Bonchev–Trinajstić information content (AvgIpc) is 2.54. The van der Waals surface area contributed by atoms with E-state index in [1.807, 2.05) is 6.92 Å². The molecule has 2 amide bonds. The second kappa shape index (κ2) is 9.80. The molecule has 8 nitrogen and oxygen atoms in total. The van der Waals surface area contributed by atoms with Crippen molar-refractivity contribution < 1.29 is 23.8 Å². The third kappa shape index (κ3) is 7.98. The maximum atomic E-state index is 12.0. The number of hydrogen-bond acceptors (Lipinski definition) is 6. The maximum absolute atomic E-state index is 12.0. The molecule has 0 aliphatic rings. The highest BCUT2D eigenvalue weighted by atomic mass is 16.6. The molecule has 27 heavy (non-hydrogen) atoms. The molecule has 0 heterocycles. The van der Waals surface area contributed by atoms with Crippen molar-refractivity contribution in [2.24, 2.45) is 5.10 Å². The van der Waals surface area contributed by atoms with Gasteiger partial charge >= 0.3 is 6.09 Å². The first-order valence-electron chi connectivity index (χ1n) is 8.70. The Kier molecular flexibility index (Phi) is 8.08. The topological polar surface area (TPSA) is 89.5 Å². The number of benzene rings is 1.